The van der Waals surface area contributed by atoms with Gasteiger partial charge in [0.15, 0.2) is 0 Å². The topological polar surface area (TPSA) is 120 Å². The fourth-order valence-corrected chi connectivity index (χ4v) is 4.05. The number of fused-ring (bicyclic) bond motifs is 1. The Morgan fingerprint density at radius 2 is 2.06 bits per heavy atom. The van der Waals surface area contributed by atoms with E-state index in [9.17, 15) is 0 Å². The van der Waals surface area contributed by atoms with E-state index in [1.807, 2.05) is 17.6 Å². The lowest BCUT2D eigenvalue weighted by Gasteiger charge is -2.14. The number of nitrogens with one attached hydrogen (secondary N) is 3. The molecule has 3 aromatic heterocycles. The molecule has 158 valence electrons. The number of para-hydroxylation sites is 1. The summed E-state index contributed by atoms with van der Waals surface area (Å²) in [5.41, 5.74) is 6.29. The molecule has 0 fully saturated rings. The molecule has 0 bridgehead atoms. The number of anilines is 2. The number of aliphatic hydroxyl groups is 1. The van der Waals surface area contributed by atoms with Gasteiger partial charge in [-0.15, -0.1) is 11.3 Å². The third-order valence-electron chi connectivity index (χ3n) is 4.95. The molecule has 0 spiro atoms. The van der Waals surface area contributed by atoms with Crippen LogP contribution in [0.25, 0.3) is 21.5 Å². The summed E-state index contributed by atoms with van der Waals surface area (Å²) in [7, 11) is 0. The summed E-state index contributed by atoms with van der Waals surface area (Å²) in [4.78, 5) is 17.6. The number of aliphatic hydroxyl groups excluding tert-OH is 1. The molecule has 1 unspecified atom stereocenters. The Labute approximate surface area is 184 Å². The van der Waals surface area contributed by atoms with E-state index in [2.05, 4.69) is 55.7 Å². The first-order valence-corrected chi connectivity index (χ1v) is 10.8. The van der Waals surface area contributed by atoms with Gasteiger partial charge in [0.25, 0.3) is 0 Å². The predicted molar refractivity (Wildman–Crippen MR) is 125 cm³/mol. The number of thiazole rings is 1. The highest BCUT2D eigenvalue weighted by molar-refractivity contribution is 7.16. The third-order valence-corrected chi connectivity index (χ3v) is 5.75. The standard InChI is InChI=1S/C22H23N7OS/c1-14(17-3-2-4-19-21(17)29-13-31-19)10-25-20-8-18(27-12-28-20)16-7-15(9-23)22(26-11-16)24-5-6-30/h2-4,7-9,11-14,23,30H,5-6,10H2,1H3,(H,24,26)(H,25,27,28). The van der Waals surface area contributed by atoms with Crippen molar-refractivity contribution in [3.63, 3.8) is 0 Å². The molecule has 0 aliphatic heterocycles. The minimum absolute atomic E-state index is 0.00277. The first kappa shape index (κ1) is 20.8. The van der Waals surface area contributed by atoms with Crippen molar-refractivity contribution in [2.75, 3.05) is 30.3 Å². The average Bonchev–Trinajstić information content (AvgIpc) is 3.30. The fraction of sp³-hybridized carbons (Fsp3) is 0.227. The molecule has 4 rings (SSSR count). The van der Waals surface area contributed by atoms with Crippen LogP contribution in [0, 0.1) is 5.41 Å². The van der Waals surface area contributed by atoms with Gasteiger partial charge in [-0.2, -0.15) is 0 Å². The van der Waals surface area contributed by atoms with Gasteiger partial charge in [-0.3, -0.25) is 0 Å². The highest BCUT2D eigenvalue weighted by Crippen LogP contribution is 2.27. The molecular weight excluding hydrogens is 410 g/mol. The highest BCUT2D eigenvalue weighted by atomic mass is 32.1. The number of rotatable bonds is 9. The number of aromatic nitrogens is 4. The zero-order valence-corrected chi connectivity index (χ0v) is 17.9. The summed E-state index contributed by atoms with van der Waals surface area (Å²) in [5, 5.41) is 23.0. The lowest BCUT2D eigenvalue weighted by molar-refractivity contribution is 0.311. The average molecular weight is 434 g/mol. The Morgan fingerprint density at radius 3 is 2.90 bits per heavy atom. The second kappa shape index (κ2) is 9.59. The van der Waals surface area contributed by atoms with E-state index in [0.717, 1.165) is 22.6 Å². The summed E-state index contributed by atoms with van der Waals surface area (Å²) in [6, 6.07) is 10.0. The molecule has 31 heavy (non-hydrogen) atoms. The Hall–Kier alpha value is -3.43. The molecule has 1 atom stereocenters. The Morgan fingerprint density at radius 1 is 1.16 bits per heavy atom. The van der Waals surface area contributed by atoms with Crippen LogP contribution in [-0.4, -0.2) is 51.0 Å². The lowest BCUT2D eigenvalue weighted by atomic mass is 10.00. The molecule has 0 aliphatic rings. The molecule has 1 aromatic carbocycles. The normalized spacial score (nSPS) is 11.9. The lowest BCUT2D eigenvalue weighted by Crippen LogP contribution is -2.11. The van der Waals surface area contributed by atoms with Gasteiger partial charge in [0.05, 0.1) is 28.0 Å². The Bertz CT molecular complexity index is 1190. The molecule has 9 heteroatoms. The van der Waals surface area contributed by atoms with Gasteiger partial charge in [-0.25, -0.2) is 19.9 Å². The Kier molecular flexibility index (Phi) is 6.44. The van der Waals surface area contributed by atoms with Crippen molar-refractivity contribution < 1.29 is 5.11 Å². The molecule has 0 saturated carbocycles. The van der Waals surface area contributed by atoms with E-state index in [0.29, 0.717) is 24.5 Å². The van der Waals surface area contributed by atoms with E-state index < -0.39 is 0 Å². The van der Waals surface area contributed by atoms with Crippen molar-refractivity contribution in [1.82, 2.24) is 19.9 Å². The number of pyridine rings is 1. The molecular formula is C22H23N7OS. The summed E-state index contributed by atoms with van der Waals surface area (Å²) in [6.07, 6.45) is 4.45. The van der Waals surface area contributed by atoms with Crippen LogP contribution in [0.3, 0.4) is 0 Å². The van der Waals surface area contributed by atoms with Crippen molar-refractivity contribution in [3.8, 4) is 11.3 Å². The number of hydrogen-bond donors (Lipinski definition) is 4. The number of benzene rings is 1. The molecule has 4 N–H and O–H groups in total. The number of hydrogen-bond acceptors (Lipinski definition) is 9. The summed E-state index contributed by atoms with van der Waals surface area (Å²) in [5.74, 6) is 1.54. The van der Waals surface area contributed by atoms with Gasteiger partial charge in [-0.05, 0) is 17.7 Å². The highest BCUT2D eigenvalue weighted by Gasteiger charge is 2.12. The molecule has 0 saturated heterocycles. The van der Waals surface area contributed by atoms with Crippen molar-refractivity contribution >= 4 is 39.4 Å². The first-order chi connectivity index (χ1) is 15.2. The minimum Gasteiger partial charge on any atom is -0.395 e. The fourth-order valence-electron chi connectivity index (χ4n) is 3.34. The monoisotopic (exact) mass is 433 g/mol. The van der Waals surface area contributed by atoms with E-state index >= 15 is 0 Å². The van der Waals surface area contributed by atoms with Crippen LogP contribution in [-0.2, 0) is 0 Å². The van der Waals surface area contributed by atoms with E-state index in [4.69, 9.17) is 10.5 Å². The predicted octanol–water partition coefficient (Wildman–Crippen LogP) is 3.77. The van der Waals surface area contributed by atoms with Crippen LogP contribution in [0.15, 0.2) is 48.4 Å². The maximum atomic E-state index is 8.98. The van der Waals surface area contributed by atoms with Crippen molar-refractivity contribution in [2.24, 2.45) is 0 Å². The number of nitrogens with zero attached hydrogens (tertiary/aromatic N) is 4. The minimum atomic E-state index is -0.00277. The quantitative estimate of drug-likeness (QED) is 0.297. The maximum absolute atomic E-state index is 8.98. The largest absolute Gasteiger partial charge is 0.395 e. The zero-order chi connectivity index (χ0) is 21.6. The summed E-state index contributed by atoms with van der Waals surface area (Å²) < 4.78 is 1.19. The van der Waals surface area contributed by atoms with Crippen molar-refractivity contribution in [1.29, 1.82) is 5.41 Å². The Balaban J connectivity index is 1.49. The van der Waals surface area contributed by atoms with Crippen LogP contribution >= 0.6 is 11.3 Å². The smallest absolute Gasteiger partial charge is 0.134 e. The SMILES string of the molecule is CC(CNc1cc(-c2cnc(NCCO)c(C=N)c2)ncn1)c1cccc2scnc12. The van der Waals surface area contributed by atoms with Gasteiger partial charge >= 0.3 is 0 Å². The van der Waals surface area contributed by atoms with Gasteiger partial charge in [0.2, 0.25) is 0 Å². The van der Waals surface area contributed by atoms with E-state index in [-0.39, 0.29) is 12.5 Å². The molecule has 0 aliphatic carbocycles. The molecule has 0 amide bonds. The zero-order valence-electron chi connectivity index (χ0n) is 17.0. The van der Waals surface area contributed by atoms with Crippen LogP contribution in [0.5, 0.6) is 0 Å². The van der Waals surface area contributed by atoms with Crippen LogP contribution < -0.4 is 10.6 Å². The van der Waals surface area contributed by atoms with Gasteiger partial charge < -0.3 is 21.1 Å². The maximum Gasteiger partial charge on any atom is 0.134 e. The first-order valence-electron chi connectivity index (χ1n) is 9.93. The van der Waals surface area contributed by atoms with Crippen molar-refractivity contribution in [3.05, 3.63) is 59.5 Å². The second-order valence-corrected chi connectivity index (χ2v) is 7.96. The van der Waals surface area contributed by atoms with E-state index in [1.165, 1.54) is 22.8 Å². The van der Waals surface area contributed by atoms with Crippen molar-refractivity contribution in [2.45, 2.75) is 12.8 Å². The second-order valence-electron chi connectivity index (χ2n) is 7.07. The van der Waals surface area contributed by atoms with Crippen LogP contribution in [0.2, 0.25) is 0 Å². The van der Waals surface area contributed by atoms with Gasteiger partial charge in [-0.1, -0.05) is 19.1 Å². The summed E-state index contributed by atoms with van der Waals surface area (Å²) in [6.45, 7) is 3.25. The molecule has 8 nitrogen and oxygen atoms in total. The van der Waals surface area contributed by atoms with Gasteiger partial charge in [0, 0.05) is 48.6 Å². The third kappa shape index (κ3) is 4.68. The molecule has 0 radical (unpaired) electrons. The molecule has 3 heterocycles. The van der Waals surface area contributed by atoms with E-state index in [1.54, 1.807) is 17.5 Å². The summed E-state index contributed by atoms with van der Waals surface area (Å²) >= 11 is 1.65. The molecule has 4 aromatic rings. The van der Waals surface area contributed by atoms with Crippen LogP contribution in [0.4, 0.5) is 11.6 Å². The van der Waals surface area contributed by atoms with Crippen LogP contribution in [0.1, 0.15) is 24.0 Å². The van der Waals surface area contributed by atoms with Gasteiger partial charge in [0.1, 0.15) is 18.0 Å².